The van der Waals surface area contributed by atoms with Gasteiger partial charge in [0.15, 0.2) is 0 Å². The summed E-state index contributed by atoms with van der Waals surface area (Å²) in [5, 5.41) is 0. The van der Waals surface area contributed by atoms with E-state index in [2.05, 4.69) is 6.07 Å². The Kier molecular flexibility index (Phi) is 2.21. The second kappa shape index (κ2) is 2.88. The van der Waals surface area contributed by atoms with Gasteiger partial charge in [0, 0.05) is 6.07 Å². The Morgan fingerprint density at radius 2 is 2.00 bits per heavy atom. The first kappa shape index (κ1) is 9.22. The van der Waals surface area contributed by atoms with Crippen molar-refractivity contribution in [2.24, 2.45) is 0 Å². The van der Waals surface area contributed by atoms with Crippen molar-refractivity contribution < 1.29 is 13.0 Å². The largest absolute Gasteiger partial charge is 0.295 e. The Bertz CT molecular complexity index is 393. The van der Waals surface area contributed by atoms with E-state index >= 15 is 0 Å². The SMILES string of the molecule is Cc1c[c]c(S(=O)(=O)O)c(C)c1. The molecule has 0 fully saturated rings. The van der Waals surface area contributed by atoms with Crippen LogP contribution in [0.5, 0.6) is 0 Å². The molecule has 0 spiro atoms. The molecule has 4 heteroatoms. The second-order valence-corrected chi connectivity index (χ2v) is 4.02. The summed E-state index contributed by atoms with van der Waals surface area (Å²) < 4.78 is 30.1. The standard InChI is InChI=1S/C8H9O3S/c1-6-3-4-8(7(2)5-6)12(9,10)11/h3,5H,1-2H3,(H,9,10,11). The van der Waals surface area contributed by atoms with Gasteiger partial charge in [0.2, 0.25) is 0 Å². The summed E-state index contributed by atoms with van der Waals surface area (Å²) in [5.74, 6) is 0. The highest BCUT2D eigenvalue weighted by molar-refractivity contribution is 7.85. The fraction of sp³-hybridized carbons (Fsp3) is 0.250. The summed E-state index contributed by atoms with van der Waals surface area (Å²) in [7, 11) is -4.11. The molecule has 1 aromatic rings. The van der Waals surface area contributed by atoms with Crippen LogP contribution in [0.3, 0.4) is 0 Å². The molecule has 0 aliphatic rings. The second-order valence-electron chi connectivity index (χ2n) is 2.66. The molecule has 12 heavy (non-hydrogen) atoms. The molecule has 65 valence electrons. The van der Waals surface area contributed by atoms with Crippen LogP contribution in [-0.4, -0.2) is 13.0 Å². The minimum absolute atomic E-state index is 0.145. The van der Waals surface area contributed by atoms with Crippen LogP contribution >= 0.6 is 0 Å². The first-order chi connectivity index (χ1) is 5.41. The zero-order valence-electron chi connectivity index (χ0n) is 6.83. The van der Waals surface area contributed by atoms with Gasteiger partial charge in [-0.15, -0.1) is 0 Å². The van der Waals surface area contributed by atoms with Gasteiger partial charge in [0.1, 0.15) is 4.90 Å². The molecule has 0 saturated heterocycles. The molecule has 0 bridgehead atoms. The third-order valence-corrected chi connectivity index (χ3v) is 2.45. The van der Waals surface area contributed by atoms with Crippen LogP contribution in [0.15, 0.2) is 17.0 Å². The molecule has 0 amide bonds. The van der Waals surface area contributed by atoms with Crippen molar-refractivity contribution in [3.05, 3.63) is 29.3 Å². The van der Waals surface area contributed by atoms with E-state index in [1.807, 2.05) is 6.92 Å². The summed E-state index contributed by atoms with van der Waals surface area (Å²) in [6.07, 6.45) is 0. The highest BCUT2D eigenvalue weighted by Crippen LogP contribution is 2.14. The molecule has 1 aromatic carbocycles. The Balaban J connectivity index is 3.39. The van der Waals surface area contributed by atoms with E-state index in [0.717, 1.165) is 5.56 Å². The summed E-state index contributed by atoms with van der Waals surface area (Å²) in [5.41, 5.74) is 1.43. The Morgan fingerprint density at radius 1 is 1.42 bits per heavy atom. The molecule has 0 heterocycles. The van der Waals surface area contributed by atoms with E-state index in [4.69, 9.17) is 4.55 Å². The maximum Gasteiger partial charge on any atom is 0.295 e. The highest BCUT2D eigenvalue weighted by atomic mass is 32.2. The Hall–Kier alpha value is -0.870. The zero-order chi connectivity index (χ0) is 9.35. The van der Waals surface area contributed by atoms with Crippen molar-refractivity contribution in [1.82, 2.24) is 0 Å². The van der Waals surface area contributed by atoms with Gasteiger partial charge in [-0.25, -0.2) is 0 Å². The maximum atomic E-state index is 10.7. The van der Waals surface area contributed by atoms with Gasteiger partial charge in [-0.2, -0.15) is 8.42 Å². The van der Waals surface area contributed by atoms with Gasteiger partial charge >= 0.3 is 0 Å². The molecule has 3 nitrogen and oxygen atoms in total. The van der Waals surface area contributed by atoms with Gasteiger partial charge in [-0.3, -0.25) is 4.55 Å². The van der Waals surface area contributed by atoms with Crippen LogP contribution in [0.2, 0.25) is 0 Å². The van der Waals surface area contributed by atoms with Crippen LogP contribution in [0.1, 0.15) is 11.1 Å². The van der Waals surface area contributed by atoms with Gasteiger partial charge in [-0.05, 0) is 25.5 Å². The molecule has 0 atom stereocenters. The quantitative estimate of drug-likeness (QED) is 0.672. The van der Waals surface area contributed by atoms with Crippen LogP contribution in [-0.2, 0) is 10.1 Å². The van der Waals surface area contributed by atoms with E-state index in [-0.39, 0.29) is 4.90 Å². The maximum absolute atomic E-state index is 10.7. The average molecular weight is 185 g/mol. The predicted molar refractivity (Wildman–Crippen MR) is 44.6 cm³/mol. The lowest BCUT2D eigenvalue weighted by molar-refractivity contribution is 0.482. The summed E-state index contributed by atoms with van der Waals surface area (Å²) in [4.78, 5) is -0.145. The minimum atomic E-state index is -4.11. The lowest BCUT2D eigenvalue weighted by Crippen LogP contribution is -2.00. The van der Waals surface area contributed by atoms with Crippen molar-refractivity contribution in [1.29, 1.82) is 0 Å². The third-order valence-electron chi connectivity index (χ3n) is 1.49. The number of benzene rings is 1. The topological polar surface area (TPSA) is 54.4 Å². The van der Waals surface area contributed by atoms with E-state index < -0.39 is 10.1 Å². The smallest absolute Gasteiger partial charge is 0.282 e. The van der Waals surface area contributed by atoms with E-state index in [9.17, 15) is 8.42 Å². The van der Waals surface area contributed by atoms with Crippen molar-refractivity contribution in [2.45, 2.75) is 18.7 Å². The molecular weight excluding hydrogens is 176 g/mol. The fourth-order valence-electron chi connectivity index (χ4n) is 1.02. The van der Waals surface area contributed by atoms with Crippen LogP contribution in [0.25, 0.3) is 0 Å². The Morgan fingerprint density at radius 3 is 2.42 bits per heavy atom. The zero-order valence-corrected chi connectivity index (χ0v) is 7.64. The van der Waals surface area contributed by atoms with E-state index in [1.165, 1.54) is 6.07 Å². The van der Waals surface area contributed by atoms with Gasteiger partial charge in [0.05, 0.1) is 0 Å². The highest BCUT2D eigenvalue weighted by Gasteiger charge is 2.12. The normalized spacial score (nSPS) is 11.6. The Labute approximate surface area is 71.8 Å². The van der Waals surface area contributed by atoms with Gasteiger partial charge in [0.25, 0.3) is 10.1 Å². The van der Waals surface area contributed by atoms with Crippen LogP contribution in [0.4, 0.5) is 0 Å². The van der Waals surface area contributed by atoms with Crippen LogP contribution in [0, 0.1) is 19.9 Å². The van der Waals surface area contributed by atoms with Crippen molar-refractivity contribution >= 4 is 10.1 Å². The molecule has 0 unspecified atom stereocenters. The van der Waals surface area contributed by atoms with Crippen molar-refractivity contribution in [2.75, 3.05) is 0 Å². The molecule has 0 aliphatic carbocycles. The fourth-order valence-corrected chi connectivity index (χ4v) is 1.69. The summed E-state index contributed by atoms with van der Waals surface area (Å²) in [6.45, 7) is 3.45. The van der Waals surface area contributed by atoms with E-state index in [0.29, 0.717) is 5.56 Å². The molecule has 1 radical (unpaired) electrons. The molecule has 0 aromatic heterocycles. The molecule has 0 saturated carbocycles. The van der Waals surface area contributed by atoms with Crippen molar-refractivity contribution in [3.8, 4) is 0 Å². The van der Waals surface area contributed by atoms with Crippen molar-refractivity contribution in [3.63, 3.8) is 0 Å². The predicted octanol–water partition coefficient (Wildman–Crippen LogP) is 1.35. The first-order valence-corrected chi connectivity index (χ1v) is 4.81. The molecule has 1 rings (SSSR count). The van der Waals surface area contributed by atoms with Crippen LogP contribution < -0.4 is 0 Å². The van der Waals surface area contributed by atoms with Gasteiger partial charge < -0.3 is 0 Å². The average Bonchev–Trinajstić information content (AvgIpc) is 1.83. The number of hydrogen-bond donors (Lipinski definition) is 1. The van der Waals surface area contributed by atoms with Gasteiger partial charge in [-0.1, -0.05) is 11.6 Å². The third kappa shape index (κ3) is 1.84. The van der Waals surface area contributed by atoms with E-state index in [1.54, 1.807) is 13.0 Å². The number of aryl methyl sites for hydroxylation is 2. The lowest BCUT2D eigenvalue weighted by atomic mass is 10.2. The summed E-state index contributed by atoms with van der Waals surface area (Å²) >= 11 is 0. The molecular formula is C8H9O3S. The minimum Gasteiger partial charge on any atom is -0.282 e. The molecule has 1 N–H and O–H groups in total. The summed E-state index contributed by atoms with van der Waals surface area (Å²) in [6, 6.07) is 5.71. The number of hydrogen-bond acceptors (Lipinski definition) is 2. The monoisotopic (exact) mass is 185 g/mol. The lowest BCUT2D eigenvalue weighted by Gasteiger charge is -2.01. The molecule has 0 aliphatic heterocycles. The number of rotatable bonds is 1. The first-order valence-electron chi connectivity index (χ1n) is 3.37.